The van der Waals surface area contributed by atoms with Gasteiger partial charge in [0, 0.05) is 81.8 Å². The van der Waals surface area contributed by atoms with Crippen molar-refractivity contribution in [2.24, 2.45) is 0 Å². The smallest absolute Gasteiger partial charge is 0.145 e. The average molecular weight is 1200 g/mol. The molecule has 0 unspecified atom stereocenters. The second-order valence-electron chi connectivity index (χ2n) is 24.1. The van der Waals surface area contributed by atoms with Crippen LogP contribution in [-0.4, -0.2) is 18.3 Å². The third kappa shape index (κ3) is 7.78. The van der Waals surface area contributed by atoms with E-state index in [0.29, 0.717) is 11.1 Å². The van der Waals surface area contributed by atoms with Crippen molar-refractivity contribution in [2.75, 3.05) is 0 Å². The van der Waals surface area contributed by atoms with Gasteiger partial charge in [0.25, 0.3) is 0 Å². The SMILES string of the molecule is N#Cc1ccc(-n2c3ccccc3c3ccccc32)c(-c2ccc(-n3c4ccccc4c4c5c(ccc43)oc3ccccc35)cc2)c1.N#Cc1cccc(-n2c3ccccc3c3ccccc32)c1-c1ccc(-n2c3ccccc3c3c4oc5ccccc5c4ccc32)cc1. The molecule has 0 saturated carbocycles. The topological polar surface area (TPSA) is 93.6 Å². The van der Waals surface area contributed by atoms with Crippen LogP contribution >= 0.6 is 0 Å². The number of benzene rings is 14. The Bertz CT molecular complexity index is 6520. The van der Waals surface area contributed by atoms with Gasteiger partial charge in [0.15, 0.2) is 0 Å². The normalized spacial score (nSPS) is 11.8. The van der Waals surface area contributed by atoms with E-state index in [1.807, 2.05) is 48.5 Å². The van der Waals surface area contributed by atoms with Crippen LogP contribution in [0.5, 0.6) is 0 Å². The van der Waals surface area contributed by atoms with Gasteiger partial charge in [-0.2, -0.15) is 10.5 Å². The molecule has 8 nitrogen and oxygen atoms in total. The summed E-state index contributed by atoms with van der Waals surface area (Å²) in [5, 5.41) is 34.2. The highest BCUT2D eigenvalue weighted by atomic mass is 16.3. The van der Waals surface area contributed by atoms with Gasteiger partial charge in [-0.05, 0) is 139 Å². The van der Waals surface area contributed by atoms with Crippen molar-refractivity contribution in [2.45, 2.75) is 0 Å². The van der Waals surface area contributed by atoms with E-state index in [9.17, 15) is 10.5 Å². The van der Waals surface area contributed by atoms with Crippen molar-refractivity contribution in [3.8, 4) is 57.1 Å². The van der Waals surface area contributed by atoms with Crippen LogP contribution in [-0.2, 0) is 0 Å². The second kappa shape index (κ2) is 20.7. The summed E-state index contributed by atoms with van der Waals surface area (Å²) in [5.41, 5.74) is 22.0. The van der Waals surface area contributed by atoms with Gasteiger partial charge in [-0.3, -0.25) is 0 Å². The fraction of sp³-hybridized carbons (Fsp3) is 0. The van der Waals surface area contributed by atoms with Crippen LogP contribution in [0.25, 0.3) is 176 Å². The highest BCUT2D eigenvalue weighted by Crippen LogP contribution is 2.45. The maximum absolute atomic E-state index is 10.3. The number of nitrogens with zero attached hydrogens (tertiary/aromatic N) is 6. The highest BCUT2D eigenvalue weighted by molar-refractivity contribution is 6.28. The summed E-state index contributed by atoms with van der Waals surface area (Å²) in [5.74, 6) is 0. The largest absolute Gasteiger partial charge is 0.456 e. The number of fused-ring (bicyclic) bond motifs is 20. The van der Waals surface area contributed by atoms with E-state index in [2.05, 4.69) is 285 Å². The molecular weight excluding hydrogens is 1150 g/mol. The van der Waals surface area contributed by atoms with Crippen LogP contribution in [0.4, 0.5) is 0 Å². The Labute approximate surface area is 537 Å². The lowest BCUT2D eigenvalue weighted by molar-refractivity contribution is 0.669. The van der Waals surface area contributed by atoms with Crippen molar-refractivity contribution >= 4 is 131 Å². The number of para-hydroxylation sites is 8. The summed E-state index contributed by atoms with van der Waals surface area (Å²) < 4.78 is 22.0. The molecule has 6 heterocycles. The highest BCUT2D eigenvalue weighted by Gasteiger charge is 2.24. The maximum atomic E-state index is 10.3. The lowest BCUT2D eigenvalue weighted by atomic mass is 9.97. The Balaban J connectivity index is 0.000000133. The molecule has 20 aromatic rings. The maximum Gasteiger partial charge on any atom is 0.145 e. The molecule has 6 aromatic heterocycles. The minimum absolute atomic E-state index is 0.632. The molecule has 20 rings (SSSR count). The van der Waals surface area contributed by atoms with E-state index in [0.717, 1.165) is 144 Å². The summed E-state index contributed by atoms with van der Waals surface area (Å²) in [6.07, 6.45) is 0. The van der Waals surface area contributed by atoms with Crippen LogP contribution in [0.3, 0.4) is 0 Å². The van der Waals surface area contributed by atoms with E-state index in [-0.39, 0.29) is 0 Å². The first-order valence-electron chi connectivity index (χ1n) is 31.5. The Morgan fingerprint density at radius 3 is 1.29 bits per heavy atom. The minimum Gasteiger partial charge on any atom is -0.456 e. The van der Waals surface area contributed by atoms with Crippen molar-refractivity contribution in [3.63, 3.8) is 0 Å². The molecule has 8 heteroatoms. The molecule has 436 valence electrons. The monoisotopic (exact) mass is 1200 g/mol. The van der Waals surface area contributed by atoms with Crippen LogP contribution < -0.4 is 0 Å². The van der Waals surface area contributed by atoms with Crippen LogP contribution in [0, 0.1) is 22.7 Å². The van der Waals surface area contributed by atoms with Gasteiger partial charge in [0.1, 0.15) is 22.3 Å². The van der Waals surface area contributed by atoms with Gasteiger partial charge in [-0.1, -0.05) is 176 Å². The van der Waals surface area contributed by atoms with Crippen molar-refractivity contribution in [3.05, 3.63) is 314 Å². The predicted molar refractivity (Wildman–Crippen MR) is 385 cm³/mol. The standard InChI is InChI=1S/2C43H25N3O/c44-26-28-10-9-18-38(46-35-15-5-1-11-30(35)31-12-2-6-16-36(31)46)41(28)27-20-22-29(23-21-27)45-37-17-7-3-14-34(37)42-39(45)25-24-33-32-13-4-8-19-40(32)47-43(33)42;44-26-27-17-22-38(46-35-13-5-1-9-30(35)31-10-2-6-14-36(31)46)34(25-27)28-18-20-29(21-19-28)45-37-15-7-3-11-32(37)42-39(45)23-24-41-43(42)33-12-4-8-16-40(33)47-41/h2*1-25H. The first-order valence-corrected chi connectivity index (χ1v) is 31.5. The molecule has 0 fully saturated rings. The van der Waals surface area contributed by atoms with Gasteiger partial charge in [-0.15, -0.1) is 0 Å². The van der Waals surface area contributed by atoms with E-state index in [1.54, 1.807) is 0 Å². The van der Waals surface area contributed by atoms with E-state index in [4.69, 9.17) is 8.83 Å². The van der Waals surface area contributed by atoms with Gasteiger partial charge in [-0.25, -0.2) is 0 Å². The van der Waals surface area contributed by atoms with E-state index in [1.165, 1.54) is 32.3 Å². The summed E-state index contributed by atoms with van der Waals surface area (Å²) >= 11 is 0. The zero-order chi connectivity index (χ0) is 62.1. The van der Waals surface area contributed by atoms with Gasteiger partial charge >= 0.3 is 0 Å². The number of aromatic nitrogens is 4. The molecule has 0 bridgehead atoms. The van der Waals surface area contributed by atoms with E-state index < -0.39 is 0 Å². The number of hydrogen-bond donors (Lipinski definition) is 0. The quantitative estimate of drug-likeness (QED) is 0.166. The molecule has 0 aliphatic heterocycles. The molecular formula is C86H50N6O2. The molecule has 14 aromatic carbocycles. The lowest BCUT2D eigenvalue weighted by Gasteiger charge is -2.16. The summed E-state index contributed by atoms with van der Waals surface area (Å²) in [6.45, 7) is 0. The molecule has 0 aliphatic rings. The Morgan fingerprint density at radius 2 is 0.723 bits per heavy atom. The molecule has 0 radical (unpaired) electrons. The first kappa shape index (κ1) is 52.8. The second-order valence-corrected chi connectivity index (χ2v) is 24.1. The molecule has 0 amide bonds. The average Bonchev–Trinajstić information content (AvgIpc) is 1.62. The third-order valence-corrected chi connectivity index (χ3v) is 19.1. The number of hydrogen-bond acceptors (Lipinski definition) is 4. The Morgan fingerprint density at radius 1 is 0.266 bits per heavy atom. The van der Waals surface area contributed by atoms with Crippen LogP contribution in [0.1, 0.15) is 11.1 Å². The Hall–Kier alpha value is -13.1. The molecule has 0 N–H and O–H groups in total. The summed E-state index contributed by atoms with van der Waals surface area (Å²) in [4.78, 5) is 0. The van der Waals surface area contributed by atoms with Crippen molar-refractivity contribution in [1.29, 1.82) is 10.5 Å². The summed E-state index contributed by atoms with van der Waals surface area (Å²) in [6, 6.07) is 110. The predicted octanol–water partition coefficient (Wildman–Crippen LogP) is 22.6. The van der Waals surface area contributed by atoms with Crippen molar-refractivity contribution in [1.82, 2.24) is 18.3 Å². The zero-order valence-electron chi connectivity index (χ0n) is 50.4. The molecule has 0 aliphatic carbocycles. The molecule has 0 spiro atoms. The van der Waals surface area contributed by atoms with Crippen LogP contribution in [0.15, 0.2) is 312 Å². The van der Waals surface area contributed by atoms with E-state index >= 15 is 0 Å². The van der Waals surface area contributed by atoms with Gasteiger partial charge in [0.2, 0.25) is 0 Å². The van der Waals surface area contributed by atoms with Gasteiger partial charge in [0.05, 0.1) is 84.2 Å². The van der Waals surface area contributed by atoms with Crippen LogP contribution in [0.2, 0.25) is 0 Å². The zero-order valence-corrected chi connectivity index (χ0v) is 50.4. The third-order valence-electron chi connectivity index (χ3n) is 19.1. The molecule has 94 heavy (non-hydrogen) atoms. The van der Waals surface area contributed by atoms with Crippen molar-refractivity contribution < 1.29 is 8.83 Å². The van der Waals surface area contributed by atoms with Gasteiger partial charge < -0.3 is 27.1 Å². The first-order chi connectivity index (χ1) is 46.6. The number of rotatable bonds is 6. The number of nitriles is 2. The summed E-state index contributed by atoms with van der Waals surface area (Å²) in [7, 11) is 0. The number of furan rings is 2. The fourth-order valence-corrected chi connectivity index (χ4v) is 15.2. The lowest BCUT2D eigenvalue weighted by Crippen LogP contribution is -2.00. The molecule has 0 atom stereocenters. The Kier molecular flexibility index (Phi) is 11.6. The molecule has 0 saturated heterocycles. The minimum atomic E-state index is 0.632. The fourth-order valence-electron chi connectivity index (χ4n) is 15.2.